The highest BCUT2D eigenvalue weighted by Crippen LogP contribution is 2.40. The summed E-state index contributed by atoms with van der Waals surface area (Å²) in [5.41, 5.74) is 2.47. The Balaban J connectivity index is 1.45. The number of benzene rings is 4. The first kappa shape index (κ1) is 21.0. The molecule has 1 saturated heterocycles. The van der Waals surface area contributed by atoms with Crippen molar-refractivity contribution in [2.24, 2.45) is 5.92 Å². The largest absolute Gasteiger partial charge is 0.416 e. The Labute approximate surface area is 197 Å². The molecule has 1 aliphatic carbocycles. The van der Waals surface area contributed by atoms with E-state index in [0.717, 1.165) is 12.8 Å². The molecular formula is C30H31BNO. The van der Waals surface area contributed by atoms with Crippen molar-refractivity contribution in [1.29, 1.82) is 0 Å². The van der Waals surface area contributed by atoms with Crippen molar-refractivity contribution < 1.29 is 4.65 Å². The minimum absolute atomic E-state index is 0.295. The van der Waals surface area contributed by atoms with Crippen LogP contribution in [-0.4, -0.2) is 19.3 Å². The summed E-state index contributed by atoms with van der Waals surface area (Å²) in [6, 6.07) is 31.3. The highest BCUT2D eigenvalue weighted by Gasteiger charge is 2.48. The average molecular weight is 432 g/mol. The fourth-order valence-electron chi connectivity index (χ4n) is 6.39. The van der Waals surface area contributed by atoms with Crippen LogP contribution in [0, 0.1) is 5.92 Å². The van der Waals surface area contributed by atoms with Crippen molar-refractivity contribution in [3.05, 3.63) is 96.1 Å². The van der Waals surface area contributed by atoms with Crippen LogP contribution >= 0.6 is 0 Å². The van der Waals surface area contributed by atoms with Gasteiger partial charge in [0.15, 0.2) is 0 Å². The van der Waals surface area contributed by atoms with Gasteiger partial charge in [0.05, 0.1) is 5.60 Å². The van der Waals surface area contributed by atoms with E-state index in [1.165, 1.54) is 64.8 Å². The van der Waals surface area contributed by atoms with E-state index in [4.69, 9.17) is 4.65 Å². The number of nitrogens with one attached hydrogen (secondary N) is 1. The van der Waals surface area contributed by atoms with Gasteiger partial charge in [-0.05, 0) is 51.4 Å². The molecule has 1 radical (unpaired) electrons. The van der Waals surface area contributed by atoms with Gasteiger partial charge in [-0.1, -0.05) is 104 Å². The molecule has 165 valence electrons. The average Bonchev–Trinajstić information content (AvgIpc) is 3.28. The lowest BCUT2D eigenvalue weighted by Gasteiger charge is -2.41. The molecule has 3 heteroatoms. The van der Waals surface area contributed by atoms with E-state index in [1.54, 1.807) is 0 Å². The number of hydrogen-bond donors (Lipinski definition) is 1. The first-order valence-electron chi connectivity index (χ1n) is 12.5. The van der Waals surface area contributed by atoms with Crippen molar-refractivity contribution in [3.8, 4) is 0 Å². The minimum atomic E-state index is -0.295. The van der Waals surface area contributed by atoms with Crippen molar-refractivity contribution >= 4 is 29.2 Å². The fourth-order valence-corrected chi connectivity index (χ4v) is 6.39. The second-order valence-electron chi connectivity index (χ2n) is 9.97. The molecule has 0 spiro atoms. The third kappa shape index (κ3) is 3.98. The standard InChI is InChI=1S/C30H31BNO/c1-2-12-24(13-3-1)29-30(33-31-32-29,20-25-16-8-14-22-10-4-6-18-27(22)25)21-26-17-9-15-23-11-5-7-19-28(23)26/h4-11,14-19,24,29,32H,1-3,12-13,20-21H2/t29-/m1/s1. The van der Waals surface area contributed by atoms with Gasteiger partial charge >= 0.3 is 7.62 Å². The highest BCUT2D eigenvalue weighted by atomic mass is 16.5. The SMILES string of the molecule is [B]1N[C@H](C2CCCCC2)C(Cc2cccc3ccccc23)(Cc2cccc3ccccc23)O1. The van der Waals surface area contributed by atoms with Crippen molar-refractivity contribution in [2.75, 3.05) is 0 Å². The molecule has 0 bridgehead atoms. The quantitative estimate of drug-likeness (QED) is 0.358. The van der Waals surface area contributed by atoms with E-state index in [0.29, 0.717) is 12.0 Å². The van der Waals surface area contributed by atoms with E-state index < -0.39 is 0 Å². The van der Waals surface area contributed by atoms with Crippen LogP contribution < -0.4 is 5.23 Å². The molecule has 2 aliphatic rings. The second kappa shape index (κ2) is 8.97. The van der Waals surface area contributed by atoms with Gasteiger partial charge in [0.2, 0.25) is 0 Å². The summed E-state index contributed by atoms with van der Waals surface area (Å²) in [4.78, 5) is 0. The first-order valence-corrected chi connectivity index (χ1v) is 12.5. The fraction of sp³-hybridized carbons (Fsp3) is 0.333. The Morgan fingerprint density at radius 1 is 0.697 bits per heavy atom. The summed E-state index contributed by atoms with van der Waals surface area (Å²) >= 11 is 0. The van der Waals surface area contributed by atoms with Crippen molar-refractivity contribution in [1.82, 2.24) is 5.23 Å². The molecular weight excluding hydrogens is 401 g/mol. The Hall–Kier alpha value is -2.62. The summed E-state index contributed by atoms with van der Waals surface area (Å²) in [6.07, 6.45) is 8.43. The third-order valence-corrected chi connectivity index (χ3v) is 7.97. The van der Waals surface area contributed by atoms with Crippen LogP contribution in [-0.2, 0) is 17.5 Å². The van der Waals surface area contributed by atoms with Gasteiger partial charge in [-0.25, -0.2) is 0 Å². The second-order valence-corrected chi connectivity index (χ2v) is 9.97. The number of fused-ring (bicyclic) bond motifs is 2. The lowest BCUT2D eigenvalue weighted by Crippen LogP contribution is -2.52. The van der Waals surface area contributed by atoms with Crippen LogP contribution in [0.2, 0.25) is 0 Å². The first-order chi connectivity index (χ1) is 16.3. The Morgan fingerprint density at radius 3 is 1.85 bits per heavy atom. The Bertz CT molecular complexity index is 1170. The molecule has 0 aromatic heterocycles. The molecule has 4 aromatic rings. The monoisotopic (exact) mass is 432 g/mol. The van der Waals surface area contributed by atoms with Crippen LogP contribution in [0.5, 0.6) is 0 Å². The van der Waals surface area contributed by atoms with Crippen molar-refractivity contribution in [2.45, 2.75) is 56.6 Å². The third-order valence-electron chi connectivity index (χ3n) is 7.97. The number of rotatable bonds is 5. The Morgan fingerprint density at radius 2 is 1.24 bits per heavy atom. The molecule has 33 heavy (non-hydrogen) atoms. The van der Waals surface area contributed by atoms with Crippen LogP contribution in [0.15, 0.2) is 84.9 Å². The maximum absolute atomic E-state index is 6.68. The van der Waals surface area contributed by atoms with E-state index in [9.17, 15) is 0 Å². The van der Waals surface area contributed by atoms with Crippen LogP contribution in [0.1, 0.15) is 43.2 Å². The van der Waals surface area contributed by atoms with Crippen LogP contribution in [0.3, 0.4) is 0 Å². The zero-order chi connectivity index (χ0) is 22.1. The van der Waals surface area contributed by atoms with Gasteiger partial charge in [-0.2, -0.15) is 0 Å². The molecule has 0 unspecified atom stereocenters. The van der Waals surface area contributed by atoms with Gasteiger partial charge in [-0.3, -0.25) is 0 Å². The predicted molar refractivity (Wildman–Crippen MR) is 138 cm³/mol. The molecule has 0 amide bonds. The summed E-state index contributed by atoms with van der Waals surface area (Å²) in [5.74, 6) is 0.655. The van der Waals surface area contributed by atoms with Gasteiger partial charge < -0.3 is 9.88 Å². The maximum atomic E-state index is 6.68. The normalized spacial score (nSPS) is 20.8. The van der Waals surface area contributed by atoms with Gasteiger partial charge in [0, 0.05) is 18.9 Å². The molecule has 1 heterocycles. The zero-order valence-electron chi connectivity index (χ0n) is 19.2. The van der Waals surface area contributed by atoms with E-state index in [-0.39, 0.29) is 5.60 Å². The van der Waals surface area contributed by atoms with Gasteiger partial charge in [0.25, 0.3) is 0 Å². The summed E-state index contributed by atoms with van der Waals surface area (Å²) in [7, 11) is 1.90. The Kier molecular flexibility index (Phi) is 5.69. The van der Waals surface area contributed by atoms with Crippen LogP contribution in [0.25, 0.3) is 21.5 Å². The molecule has 6 rings (SSSR count). The maximum Gasteiger partial charge on any atom is 0.396 e. The summed E-state index contributed by atoms with van der Waals surface area (Å²) < 4.78 is 6.68. The van der Waals surface area contributed by atoms with Crippen molar-refractivity contribution in [3.63, 3.8) is 0 Å². The molecule has 2 nitrogen and oxygen atoms in total. The molecule has 1 atom stereocenters. The minimum Gasteiger partial charge on any atom is -0.416 e. The van der Waals surface area contributed by atoms with Gasteiger partial charge in [0.1, 0.15) is 0 Å². The van der Waals surface area contributed by atoms with Gasteiger partial charge in [-0.15, -0.1) is 0 Å². The molecule has 2 fully saturated rings. The van der Waals surface area contributed by atoms with E-state index in [2.05, 4.69) is 90.2 Å². The number of hydrogen-bond acceptors (Lipinski definition) is 2. The zero-order valence-corrected chi connectivity index (χ0v) is 19.2. The lowest BCUT2D eigenvalue weighted by molar-refractivity contribution is 0.0443. The van der Waals surface area contributed by atoms with E-state index in [1.807, 2.05) is 7.62 Å². The molecule has 1 saturated carbocycles. The molecule has 1 N–H and O–H groups in total. The smallest absolute Gasteiger partial charge is 0.396 e. The summed E-state index contributed by atoms with van der Waals surface area (Å²) in [5, 5.41) is 9.00. The lowest BCUT2D eigenvalue weighted by atomic mass is 9.72. The summed E-state index contributed by atoms with van der Waals surface area (Å²) in [6.45, 7) is 0. The van der Waals surface area contributed by atoms with Crippen LogP contribution in [0.4, 0.5) is 0 Å². The van der Waals surface area contributed by atoms with E-state index >= 15 is 0 Å². The molecule has 1 aliphatic heterocycles. The molecule has 4 aromatic carbocycles. The topological polar surface area (TPSA) is 21.3 Å². The highest BCUT2D eigenvalue weighted by molar-refractivity contribution is 6.25. The predicted octanol–water partition coefficient (Wildman–Crippen LogP) is 6.62.